The fraction of sp³-hybridized carbons (Fsp3) is 0.533. The van der Waals surface area contributed by atoms with Crippen LogP contribution in [0.4, 0.5) is 5.69 Å². The van der Waals surface area contributed by atoms with E-state index in [1.807, 2.05) is 18.2 Å². The number of nitrogens with two attached hydrogens (primary N) is 1. The van der Waals surface area contributed by atoms with Gasteiger partial charge in [-0.05, 0) is 37.4 Å². The monoisotopic (exact) mass is 376 g/mol. The number of benzene rings is 1. The van der Waals surface area contributed by atoms with Crippen LogP contribution in [0, 0.1) is 11.8 Å². The Bertz CT molecular complexity index is 485. The van der Waals surface area contributed by atoms with Crippen LogP contribution in [-0.4, -0.2) is 19.6 Å². The number of carbonyl (C=O) groups is 1. The normalized spacial score (nSPS) is 20.9. The Hall–Kier alpha value is -0.620. The zero-order valence-corrected chi connectivity index (χ0v) is 14.5. The van der Waals surface area contributed by atoms with Crippen molar-refractivity contribution in [2.75, 3.05) is 19.0 Å². The number of halogens is 2. The van der Waals surface area contributed by atoms with Gasteiger partial charge in [0.1, 0.15) is 0 Å². The first kappa shape index (κ1) is 18.4. The van der Waals surface area contributed by atoms with Crippen molar-refractivity contribution in [3.8, 4) is 0 Å². The van der Waals surface area contributed by atoms with Gasteiger partial charge in [0.15, 0.2) is 0 Å². The molecule has 0 saturated heterocycles. The first-order chi connectivity index (χ1) is 9.67. The predicted octanol–water partition coefficient (Wildman–Crippen LogP) is 3.33. The van der Waals surface area contributed by atoms with E-state index >= 15 is 0 Å². The van der Waals surface area contributed by atoms with Crippen molar-refractivity contribution in [1.82, 2.24) is 0 Å². The van der Waals surface area contributed by atoms with E-state index in [0.717, 1.165) is 35.0 Å². The maximum atomic E-state index is 12.4. The molecule has 21 heavy (non-hydrogen) atoms. The van der Waals surface area contributed by atoms with E-state index in [1.54, 1.807) is 7.11 Å². The quantitative estimate of drug-likeness (QED) is 0.827. The second kappa shape index (κ2) is 8.73. The SMILES string of the molecule is COCc1c(Br)cccc1NC(=O)[C@@H]1CCC[C@@H]1CN.Cl. The van der Waals surface area contributed by atoms with Gasteiger partial charge in [0.05, 0.1) is 6.61 Å². The lowest BCUT2D eigenvalue weighted by atomic mass is 9.95. The van der Waals surface area contributed by atoms with Gasteiger partial charge in [-0.3, -0.25) is 4.79 Å². The smallest absolute Gasteiger partial charge is 0.227 e. The molecule has 1 aliphatic carbocycles. The summed E-state index contributed by atoms with van der Waals surface area (Å²) < 4.78 is 6.14. The van der Waals surface area contributed by atoms with Crippen LogP contribution in [0.3, 0.4) is 0 Å². The summed E-state index contributed by atoms with van der Waals surface area (Å²) in [6.07, 6.45) is 3.07. The van der Waals surface area contributed by atoms with Crippen LogP contribution in [0.2, 0.25) is 0 Å². The van der Waals surface area contributed by atoms with Crippen LogP contribution < -0.4 is 11.1 Å². The Morgan fingerprint density at radius 3 is 2.90 bits per heavy atom. The summed E-state index contributed by atoms with van der Waals surface area (Å²) in [7, 11) is 1.65. The van der Waals surface area contributed by atoms with Crippen molar-refractivity contribution in [1.29, 1.82) is 0 Å². The highest BCUT2D eigenvalue weighted by atomic mass is 79.9. The molecule has 6 heteroatoms. The second-order valence-corrected chi connectivity index (χ2v) is 6.08. The van der Waals surface area contributed by atoms with Crippen LogP contribution >= 0.6 is 28.3 Å². The molecule has 1 amide bonds. The zero-order valence-electron chi connectivity index (χ0n) is 12.1. The number of hydrogen-bond acceptors (Lipinski definition) is 3. The maximum absolute atomic E-state index is 12.4. The molecule has 118 valence electrons. The summed E-state index contributed by atoms with van der Waals surface area (Å²) >= 11 is 3.50. The van der Waals surface area contributed by atoms with Crippen LogP contribution in [0.25, 0.3) is 0 Å². The molecule has 1 aliphatic rings. The lowest BCUT2D eigenvalue weighted by Crippen LogP contribution is -2.30. The molecule has 0 spiro atoms. The van der Waals surface area contributed by atoms with Crippen LogP contribution in [0.15, 0.2) is 22.7 Å². The third kappa shape index (κ3) is 4.42. The lowest BCUT2D eigenvalue weighted by molar-refractivity contribution is -0.120. The molecule has 1 saturated carbocycles. The fourth-order valence-electron chi connectivity index (χ4n) is 2.86. The number of ether oxygens (including phenoxy) is 1. The highest BCUT2D eigenvalue weighted by Gasteiger charge is 2.32. The van der Waals surface area contributed by atoms with Gasteiger partial charge in [-0.25, -0.2) is 0 Å². The van der Waals surface area contributed by atoms with Gasteiger partial charge >= 0.3 is 0 Å². The summed E-state index contributed by atoms with van der Waals surface area (Å²) in [6, 6.07) is 5.76. The molecule has 0 radical (unpaired) electrons. The van der Waals surface area contributed by atoms with Crippen molar-refractivity contribution in [2.45, 2.75) is 25.9 Å². The molecule has 1 aromatic rings. The van der Waals surface area contributed by atoms with E-state index in [4.69, 9.17) is 10.5 Å². The molecule has 4 nitrogen and oxygen atoms in total. The van der Waals surface area contributed by atoms with Gasteiger partial charge < -0.3 is 15.8 Å². The predicted molar refractivity (Wildman–Crippen MR) is 90.6 cm³/mol. The summed E-state index contributed by atoms with van der Waals surface area (Å²) in [4.78, 5) is 12.4. The third-order valence-corrected chi connectivity index (χ3v) is 4.71. The minimum absolute atomic E-state index is 0. The number of amides is 1. The van der Waals surface area contributed by atoms with Gasteiger partial charge in [-0.2, -0.15) is 0 Å². The number of anilines is 1. The lowest BCUT2D eigenvalue weighted by Gasteiger charge is -2.19. The molecule has 2 atom stereocenters. The zero-order chi connectivity index (χ0) is 14.5. The number of nitrogens with one attached hydrogen (secondary N) is 1. The van der Waals surface area contributed by atoms with E-state index in [0.29, 0.717) is 19.1 Å². The second-order valence-electron chi connectivity index (χ2n) is 5.22. The minimum atomic E-state index is 0. The van der Waals surface area contributed by atoms with Gasteiger partial charge in [-0.15, -0.1) is 12.4 Å². The maximum Gasteiger partial charge on any atom is 0.227 e. The van der Waals surface area contributed by atoms with E-state index in [2.05, 4.69) is 21.2 Å². The van der Waals surface area contributed by atoms with Crippen LogP contribution in [-0.2, 0) is 16.1 Å². The van der Waals surface area contributed by atoms with E-state index < -0.39 is 0 Å². The summed E-state index contributed by atoms with van der Waals surface area (Å²) in [5, 5.41) is 3.04. The number of rotatable bonds is 5. The minimum Gasteiger partial charge on any atom is -0.380 e. The van der Waals surface area contributed by atoms with E-state index in [1.165, 1.54) is 0 Å². The highest BCUT2D eigenvalue weighted by Crippen LogP contribution is 2.33. The molecule has 0 aromatic heterocycles. The number of carbonyl (C=O) groups excluding carboxylic acids is 1. The molecule has 1 aromatic carbocycles. The van der Waals surface area contributed by atoms with Gasteiger partial charge in [0.2, 0.25) is 5.91 Å². The van der Waals surface area contributed by atoms with Crippen molar-refractivity contribution >= 4 is 39.9 Å². The molecule has 2 rings (SSSR count). The highest BCUT2D eigenvalue weighted by molar-refractivity contribution is 9.10. The third-order valence-electron chi connectivity index (χ3n) is 3.96. The Balaban J connectivity index is 0.00000220. The van der Waals surface area contributed by atoms with Crippen molar-refractivity contribution in [3.63, 3.8) is 0 Å². The molecular formula is C15H22BrClN2O2. The van der Waals surface area contributed by atoms with Crippen molar-refractivity contribution < 1.29 is 9.53 Å². The van der Waals surface area contributed by atoms with Gasteiger partial charge in [0.25, 0.3) is 0 Å². The molecular weight excluding hydrogens is 356 g/mol. The van der Waals surface area contributed by atoms with E-state index in [9.17, 15) is 4.79 Å². The summed E-state index contributed by atoms with van der Waals surface area (Å²) in [6.45, 7) is 1.05. The molecule has 0 heterocycles. The number of methoxy groups -OCH3 is 1. The van der Waals surface area contributed by atoms with Gasteiger partial charge in [0, 0.05) is 28.8 Å². The molecule has 0 unspecified atom stereocenters. The average molecular weight is 378 g/mol. The first-order valence-corrected chi connectivity index (χ1v) is 7.74. The molecule has 0 bridgehead atoms. The Morgan fingerprint density at radius 2 is 2.24 bits per heavy atom. The van der Waals surface area contributed by atoms with Crippen LogP contribution in [0.5, 0.6) is 0 Å². The molecule has 3 N–H and O–H groups in total. The first-order valence-electron chi connectivity index (χ1n) is 6.94. The topological polar surface area (TPSA) is 64.3 Å². The van der Waals surface area contributed by atoms with Crippen LogP contribution in [0.1, 0.15) is 24.8 Å². The van der Waals surface area contributed by atoms with Crippen molar-refractivity contribution in [3.05, 3.63) is 28.2 Å². The standard InChI is InChI=1S/C15H21BrN2O2.ClH/c1-20-9-12-13(16)6-3-7-14(12)18-15(19)11-5-2-4-10(11)8-17;/h3,6-7,10-11H,2,4-5,8-9,17H2,1H3,(H,18,19);1H/t10-,11-;/m1./s1. The molecule has 1 fully saturated rings. The molecule has 0 aliphatic heterocycles. The fourth-order valence-corrected chi connectivity index (χ4v) is 3.34. The Labute approximate surface area is 140 Å². The Morgan fingerprint density at radius 1 is 1.48 bits per heavy atom. The van der Waals surface area contributed by atoms with Gasteiger partial charge in [-0.1, -0.05) is 28.4 Å². The summed E-state index contributed by atoms with van der Waals surface area (Å²) in [5.74, 6) is 0.427. The summed E-state index contributed by atoms with van der Waals surface area (Å²) in [5.41, 5.74) is 7.53. The largest absolute Gasteiger partial charge is 0.380 e. The van der Waals surface area contributed by atoms with E-state index in [-0.39, 0.29) is 24.2 Å². The van der Waals surface area contributed by atoms with Crippen molar-refractivity contribution in [2.24, 2.45) is 17.6 Å². The Kier molecular flexibility index (Phi) is 7.66. The number of hydrogen-bond donors (Lipinski definition) is 2. The average Bonchev–Trinajstić information content (AvgIpc) is 2.91.